The quantitative estimate of drug-likeness (QED) is 0.766. The van der Waals surface area contributed by atoms with Gasteiger partial charge < -0.3 is 5.32 Å². The molecule has 1 aromatic carbocycles. The molecule has 124 valence electrons. The van der Waals surface area contributed by atoms with Crippen molar-refractivity contribution in [2.24, 2.45) is 0 Å². The molecule has 0 spiro atoms. The van der Waals surface area contributed by atoms with Crippen molar-refractivity contribution in [3.05, 3.63) is 57.5 Å². The number of halogens is 1. The van der Waals surface area contributed by atoms with Crippen molar-refractivity contribution in [3.8, 4) is 0 Å². The Morgan fingerprint density at radius 3 is 2.88 bits per heavy atom. The fourth-order valence-electron chi connectivity index (χ4n) is 2.37. The number of aromatic nitrogens is 4. The molecule has 1 amide bonds. The highest BCUT2D eigenvalue weighted by atomic mass is 19.1. The minimum absolute atomic E-state index is 0.0356. The Bertz CT molecular complexity index is 976. The zero-order valence-corrected chi connectivity index (χ0v) is 13.3. The van der Waals surface area contributed by atoms with Crippen molar-refractivity contribution in [2.45, 2.75) is 26.7 Å². The van der Waals surface area contributed by atoms with Crippen LogP contribution in [0.1, 0.15) is 35.2 Å². The normalized spacial score (nSPS) is 11.0. The SMILES string of the molecule is CCCc1nc2nc(C)c(NC(=O)c3cccc(F)c3)c(=O)n2[nH]1. The highest BCUT2D eigenvalue weighted by Crippen LogP contribution is 2.11. The van der Waals surface area contributed by atoms with Gasteiger partial charge in [0.05, 0.1) is 5.69 Å². The number of fused-ring (bicyclic) bond motifs is 1. The maximum absolute atomic E-state index is 13.2. The molecule has 0 atom stereocenters. The molecule has 8 heteroatoms. The van der Waals surface area contributed by atoms with Crippen LogP contribution < -0.4 is 10.9 Å². The first-order valence-corrected chi connectivity index (χ1v) is 7.54. The fraction of sp³-hybridized carbons (Fsp3) is 0.250. The van der Waals surface area contributed by atoms with Crippen molar-refractivity contribution < 1.29 is 9.18 Å². The number of carbonyl (C=O) groups is 1. The standard InChI is InChI=1S/C16H16FN5O2/c1-3-5-12-19-16-18-9(2)13(15(24)22(16)21-12)20-14(23)10-6-4-7-11(17)8-10/h4,6-8H,3,5H2,1-2H3,(H,20,23)(H,18,19,21). The maximum Gasteiger partial charge on any atom is 0.298 e. The summed E-state index contributed by atoms with van der Waals surface area (Å²) in [5.41, 5.74) is 0.0417. The molecule has 3 rings (SSSR count). The first-order valence-electron chi connectivity index (χ1n) is 7.54. The van der Waals surface area contributed by atoms with E-state index in [2.05, 4.69) is 20.4 Å². The van der Waals surface area contributed by atoms with Gasteiger partial charge in [-0.2, -0.15) is 9.50 Å². The number of hydrogen-bond acceptors (Lipinski definition) is 4. The van der Waals surface area contributed by atoms with Crippen molar-refractivity contribution >= 4 is 17.4 Å². The van der Waals surface area contributed by atoms with Crippen molar-refractivity contribution in [3.63, 3.8) is 0 Å². The Kier molecular flexibility index (Phi) is 4.11. The second kappa shape index (κ2) is 6.23. The fourth-order valence-corrected chi connectivity index (χ4v) is 2.37. The summed E-state index contributed by atoms with van der Waals surface area (Å²) in [6.07, 6.45) is 1.56. The summed E-state index contributed by atoms with van der Waals surface area (Å²) in [5, 5.41) is 5.38. The van der Waals surface area contributed by atoms with Crippen LogP contribution in [0.15, 0.2) is 29.1 Å². The predicted octanol–water partition coefficient (Wildman–Crippen LogP) is 2.07. The van der Waals surface area contributed by atoms with Gasteiger partial charge in [-0.25, -0.2) is 9.37 Å². The smallest absolute Gasteiger partial charge is 0.298 e. The number of aryl methyl sites for hydroxylation is 2. The molecule has 3 aromatic rings. The predicted molar refractivity (Wildman–Crippen MR) is 86.7 cm³/mol. The van der Waals surface area contributed by atoms with Crippen LogP contribution in [0.4, 0.5) is 10.1 Å². The zero-order chi connectivity index (χ0) is 17.3. The van der Waals surface area contributed by atoms with Gasteiger partial charge in [-0.15, -0.1) is 0 Å². The summed E-state index contributed by atoms with van der Waals surface area (Å²) in [6.45, 7) is 3.61. The average molecular weight is 329 g/mol. The van der Waals surface area contributed by atoms with E-state index in [1.54, 1.807) is 6.92 Å². The van der Waals surface area contributed by atoms with Crippen LogP contribution in [-0.2, 0) is 6.42 Å². The molecule has 7 nitrogen and oxygen atoms in total. The first-order chi connectivity index (χ1) is 11.5. The van der Waals surface area contributed by atoms with E-state index in [9.17, 15) is 14.0 Å². The van der Waals surface area contributed by atoms with Crippen LogP contribution >= 0.6 is 0 Å². The number of anilines is 1. The number of nitrogens with zero attached hydrogens (tertiary/aromatic N) is 3. The maximum atomic E-state index is 13.2. The lowest BCUT2D eigenvalue weighted by Crippen LogP contribution is -2.25. The van der Waals surface area contributed by atoms with E-state index in [0.29, 0.717) is 17.9 Å². The van der Waals surface area contributed by atoms with Gasteiger partial charge in [0, 0.05) is 12.0 Å². The molecule has 0 aliphatic heterocycles. The molecule has 0 bridgehead atoms. The molecule has 0 saturated carbocycles. The second-order valence-corrected chi connectivity index (χ2v) is 5.40. The van der Waals surface area contributed by atoms with Gasteiger partial charge in [-0.05, 0) is 31.5 Å². The minimum Gasteiger partial charge on any atom is -0.316 e. The Balaban J connectivity index is 2.00. The van der Waals surface area contributed by atoms with Gasteiger partial charge in [0.1, 0.15) is 17.3 Å². The lowest BCUT2D eigenvalue weighted by atomic mass is 10.2. The Morgan fingerprint density at radius 2 is 2.17 bits per heavy atom. The summed E-state index contributed by atoms with van der Waals surface area (Å²) in [6, 6.07) is 5.23. The number of nitrogens with one attached hydrogen (secondary N) is 2. The van der Waals surface area contributed by atoms with E-state index in [1.807, 2.05) is 6.92 Å². The van der Waals surface area contributed by atoms with Crippen molar-refractivity contribution in [2.75, 3.05) is 5.32 Å². The average Bonchev–Trinajstić information content (AvgIpc) is 2.94. The number of rotatable bonds is 4. The summed E-state index contributed by atoms with van der Waals surface area (Å²) in [4.78, 5) is 33.3. The van der Waals surface area contributed by atoms with Gasteiger partial charge in [-0.1, -0.05) is 13.0 Å². The molecule has 2 heterocycles. The van der Waals surface area contributed by atoms with E-state index in [4.69, 9.17) is 0 Å². The highest BCUT2D eigenvalue weighted by Gasteiger charge is 2.16. The first kappa shape index (κ1) is 15.9. The second-order valence-electron chi connectivity index (χ2n) is 5.40. The number of benzene rings is 1. The van der Waals surface area contributed by atoms with Crippen LogP contribution in [0, 0.1) is 12.7 Å². The van der Waals surface area contributed by atoms with E-state index in [0.717, 1.165) is 12.5 Å². The third-order valence-electron chi connectivity index (χ3n) is 3.53. The number of carbonyl (C=O) groups excluding carboxylic acids is 1. The van der Waals surface area contributed by atoms with Crippen molar-refractivity contribution in [1.82, 2.24) is 19.6 Å². The van der Waals surface area contributed by atoms with Gasteiger partial charge >= 0.3 is 0 Å². The lowest BCUT2D eigenvalue weighted by molar-refractivity contribution is 0.102. The third-order valence-corrected chi connectivity index (χ3v) is 3.53. The summed E-state index contributed by atoms with van der Waals surface area (Å²) >= 11 is 0. The monoisotopic (exact) mass is 329 g/mol. The van der Waals surface area contributed by atoms with Crippen LogP contribution in [0.3, 0.4) is 0 Å². The van der Waals surface area contributed by atoms with E-state index < -0.39 is 17.3 Å². The molecular weight excluding hydrogens is 313 g/mol. The van der Waals surface area contributed by atoms with Gasteiger partial charge in [0.25, 0.3) is 17.2 Å². The van der Waals surface area contributed by atoms with Gasteiger partial charge in [0.2, 0.25) is 0 Å². The molecule has 24 heavy (non-hydrogen) atoms. The van der Waals surface area contributed by atoms with E-state index >= 15 is 0 Å². The van der Waals surface area contributed by atoms with Crippen molar-refractivity contribution in [1.29, 1.82) is 0 Å². The molecule has 0 aliphatic rings. The van der Waals surface area contributed by atoms with Crippen LogP contribution in [-0.4, -0.2) is 25.5 Å². The number of hydrogen-bond donors (Lipinski definition) is 2. The van der Waals surface area contributed by atoms with Gasteiger partial charge in [0.15, 0.2) is 0 Å². The molecule has 0 radical (unpaired) electrons. The molecule has 2 N–H and O–H groups in total. The highest BCUT2D eigenvalue weighted by molar-refractivity contribution is 6.04. The lowest BCUT2D eigenvalue weighted by Gasteiger charge is -2.07. The molecular formula is C16H16FN5O2. The van der Waals surface area contributed by atoms with E-state index in [-0.39, 0.29) is 17.0 Å². The van der Waals surface area contributed by atoms with E-state index in [1.165, 1.54) is 22.7 Å². The Morgan fingerprint density at radius 1 is 1.38 bits per heavy atom. The molecule has 0 aliphatic carbocycles. The molecule has 0 saturated heterocycles. The third kappa shape index (κ3) is 2.90. The summed E-state index contributed by atoms with van der Waals surface area (Å²) < 4.78 is 14.4. The number of aromatic amines is 1. The molecule has 0 unspecified atom stereocenters. The Labute approximate surface area is 136 Å². The number of amides is 1. The molecule has 2 aromatic heterocycles. The van der Waals surface area contributed by atoms with Crippen LogP contribution in [0.2, 0.25) is 0 Å². The number of H-pyrrole nitrogens is 1. The van der Waals surface area contributed by atoms with Crippen LogP contribution in [0.25, 0.3) is 5.78 Å². The Hall–Kier alpha value is -3.03. The van der Waals surface area contributed by atoms with Gasteiger partial charge in [-0.3, -0.25) is 14.7 Å². The summed E-state index contributed by atoms with van der Waals surface area (Å²) in [7, 11) is 0. The zero-order valence-electron chi connectivity index (χ0n) is 13.3. The minimum atomic E-state index is -0.579. The molecule has 0 fully saturated rings. The summed E-state index contributed by atoms with van der Waals surface area (Å²) in [5.74, 6) is -0.202. The largest absolute Gasteiger partial charge is 0.316 e. The van der Waals surface area contributed by atoms with Crippen LogP contribution in [0.5, 0.6) is 0 Å². The topological polar surface area (TPSA) is 92.2 Å².